The average Bonchev–Trinajstić information content (AvgIpc) is 3.32. The third-order valence-electron chi connectivity index (χ3n) is 6.34. The van der Waals surface area contributed by atoms with Crippen LogP contribution in [0, 0.1) is 0 Å². The van der Waals surface area contributed by atoms with Gasteiger partial charge < -0.3 is 20.2 Å². The number of nitrogens with zero attached hydrogens (tertiary/aromatic N) is 3. The molecule has 2 aromatic rings. The van der Waals surface area contributed by atoms with Crippen LogP contribution in [0.5, 0.6) is 0 Å². The Morgan fingerprint density at radius 3 is 2.38 bits per heavy atom. The van der Waals surface area contributed by atoms with E-state index in [9.17, 15) is 19.5 Å². The summed E-state index contributed by atoms with van der Waals surface area (Å²) in [4.78, 5) is 42.8. The second kappa shape index (κ2) is 9.13. The monoisotopic (exact) mass is 440 g/mol. The molecule has 2 aliphatic rings. The lowest BCUT2D eigenvalue weighted by molar-refractivity contribution is -0.137. The minimum Gasteiger partial charge on any atom is -0.462 e. The van der Waals surface area contributed by atoms with Crippen LogP contribution < -0.4 is 5.73 Å². The van der Waals surface area contributed by atoms with Gasteiger partial charge in [0.05, 0.1) is 6.54 Å². The van der Waals surface area contributed by atoms with Gasteiger partial charge in [0.1, 0.15) is 30.2 Å². The summed E-state index contributed by atoms with van der Waals surface area (Å²) >= 11 is 0. The van der Waals surface area contributed by atoms with Crippen molar-refractivity contribution in [3.63, 3.8) is 0 Å². The van der Waals surface area contributed by atoms with Crippen molar-refractivity contribution in [1.29, 1.82) is 0 Å². The number of piperidine rings is 1. The molecule has 0 aliphatic carbocycles. The van der Waals surface area contributed by atoms with Crippen molar-refractivity contribution in [2.24, 2.45) is 5.73 Å². The maximum absolute atomic E-state index is 13.3. The highest BCUT2D eigenvalue weighted by atomic mass is 16.4. The second-order valence-electron chi connectivity index (χ2n) is 8.36. The molecule has 1 aromatic carbocycles. The van der Waals surface area contributed by atoms with Crippen molar-refractivity contribution in [2.45, 2.75) is 38.0 Å². The van der Waals surface area contributed by atoms with E-state index in [-0.39, 0.29) is 12.5 Å². The number of imide groups is 1. The van der Waals surface area contributed by atoms with Crippen LogP contribution >= 0.6 is 0 Å². The number of aliphatic hydroxyl groups excluding tert-OH is 1. The van der Waals surface area contributed by atoms with Crippen molar-refractivity contribution in [1.82, 2.24) is 14.7 Å². The Morgan fingerprint density at radius 2 is 1.75 bits per heavy atom. The lowest BCUT2D eigenvalue weighted by atomic mass is 9.85. The number of hydrogen-bond donors (Lipinski definition) is 2. The summed E-state index contributed by atoms with van der Waals surface area (Å²) in [5, 5.41) is 9.18. The second-order valence-corrected chi connectivity index (χ2v) is 8.36. The molecule has 2 aliphatic heterocycles. The van der Waals surface area contributed by atoms with E-state index in [1.54, 1.807) is 11.0 Å². The first-order chi connectivity index (χ1) is 15.4. The molecule has 3 heterocycles. The molecule has 3 N–H and O–H groups in total. The molecular formula is C23H28N4O5. The Labute approximate surface area is 186 Å². The van der Waals surface area contributed by atoms with Crippen LogP contribution in [0.3, 0.4) is 0 Å². The van der Waals surface area contributed by atoms with Crippen molar-refractivity contribution in [3.05, 3.63) is 59.5 Å². The summed E-state index contributed by atoms with van der Waals surface area (Å²) in [6.07, 6.45) is 1.55. The van der Waals surface area contributed by atoms with E-state index >= 15 is 0 Å². The van der Waals surface area contributed by atoms with Crippen LogP contribution in [-0.2, 0) is 29.2 Å². The predicted octanol–water partition coefficient (Wildman–Crippen LogP) is 1.10. The van der Waals surface area contributed by atoms with Gasteiger partial charge in [-0.3, -0.25) is 19.4 Å². The molecule has 32 heavy (non-hydrogen) atoms. The summed E-state index contributed by atoms with van der Waals surface area (Å²) in [5.74, 6) is 0.214. The van der Waals surface area contributed by atoms with Crippen LogP contribution in [0.25, 0.3) is 0 Å². The molecule has 0 atom stereocenters. The Balaban J connectivity index is 1.49. The number of furan rings is 1. The molecule has 9 heteroatoms. The first-order valence-corrected chi connectivity index (χ1v) is 10.8. The number of carbonyl (C=O) groups excluding carboxylic acids is 3. The number of nitrogens with two attached hydrogens (primary N) is 1. The zero-order valence-electron chi connectivity index (χ0n) is 17.9. The van der Waals surface area contributed by atoms with Crippen molar-refractivity contribution in [3.8, 4) is 0 Å². The number of rotatable bonds is 8. The highest BCUT2D eigenvalue weighted by Gasteiger charge is 2.57. The third kappa shape index (κ3) is 4.26. The first-order valence-electron chi connectivity index (χ1n) is 10.8. The molecule has 0 saturated carbocycles. The van der Waals surface area contributed by atoms with Crippen LogP contribution in [0.2, 0.25) is 0 Å². The van der Waals surface area contributed by atoms with E-state index in [2.05, 4.69) is 4.90 Å². The molecule has 1 aromatic heterocycles. The molecule has 2 fully saturated rings. The average molecular weight is 441 g/mol. The largest absolute Gasteiger partial charge is 0.462 e. The lowest BCUT2D eigenvalue weighted by Gasteiger charge is -2.42. The van der Waals surface area contributed by atoms with Gasteiger partial charge in [0.2, 0.25) is 5.91 Å². The molecule has 4 rings (SSSR count). The summed E-state index contributed by atoms with van der Waals surface area (Å²) in [6, 6.07) is 12.9. The van der Waals surface area contributed by atoms with Gasteiger partial charge >= 0.3 is 6.03 Å². The molecule has 0 bridgehead atoms. The van der Waals surface area contributed by atoms with Gasteiger partial charge in [0.15, 0.2) is 0 Å². The molecule has 170 valence electrons. The van der Waals surface area contributed by atoms with Gasteiger partial charge in [-0.2, -0.15) is 0 Å². The summed E-state index contributed by atoms with van der Waals surface area (Å²) in [7, 11) is 0. The molecule has 0 unspecified atom stereocenters. The van der Waals surface area contributed by atoms with Crippen LogP contribution in [-0.4, -0.2) is 69.4 Å². The van der Waals surface area contributed by atoms with Crippen LogP contribution in [0.15, 0.2) is 46.9 Å². The number of hydrogen-bond acceptors (Lipinski definition) is 6. The standard InChI is InChI=1S/C23H28N4O5/c24-20(29)15-26-21(30)23(27(22(26)31)11-8-17-4-2-1-3-5-17)9-12-25(13-10-23)14-18-6-7-19(16-28)32-18/h1-7,28H,8-16H2,(H2,24,29). The van der Waals surface area contributed by atoms with E-state index in [1.165, 1.54) is 0 Å². The molecule has 1 spiro atoms. The van der Waals surface area contributed by atoms with Gasteiger partial charge in [-0.15, -0.1) is 0 Å². The zero-order chi connectivity index (χ0) is 22.7. The number of primary amides is 1. The fraction of sp³-hybridized carbons (Fsp3) is 0.435. The fourth-order valence-corrected chi connectivity index (χ4v) is 4.65. The van der Waals surface area contributed by atoms with E-state index in [1.807, 2.05) is 36.4 Å². The Kier molecular flexibility index (Phi) is 6.29. The maximum Gasteiger partial charge on any atom is 0.328 e. The first kappa shape index (κ1) is 22.0. The number of benzene rings is 1. The molecular weight excluding hydrogens is 412 g/mol. The number of likely N-dealkylation sites (tertiary alicyclic amines) is 1. The number of aliphatic hydroxyl groups is 1. The summed E-state index contributed by atoms with van der Waals surface area (Å²) in [5.41, 5.74) is 5.42. The maximum atomic E-state index is 13.3. The quantitative estimate of drug-likeness (QED) is 0.593. The highest BCUT2D eigenvalue weighted by Crippen LogP contribution is 2.37. The number of urea groups is 1. The minimum atomic E-state index is -0.961. The van der Waals surface area contributed by atoms with E-state index in [4.69, 9.17) is 10.2 Å². The van der Waals surface area contributed by atoms with E-state index in [0.717, 1.165) is 16.2 Å². The smallest absolute Gasteiger partial charge is 0.328 e. The van der Waals surface area contributed by atoms with Gasteiger partial charge in [-0.25, -0.2) is 4.79 Å². The number of carbonyl (C=O) groups is 3. The van der Waals surface area contributed by atoms with E-state index in [0.29, 0.717) is 51.2 Å². The van der Waals surface area contributed by atoms with Crippen LogP contribution in [0.4, 0.5) is 4.79 Å². The molecule has 4 amide bonds. The van der Waals surface area contributed by atoms with Gasteiger partial charge in [0, 0.05) is 19.6 Å². The normalized spacial score (nSPS) is 18.7. The Morgan fingerprint density at radius 1 is 1.06 bits per heavy atom. The summed E-state index contributed by atoms with van der Waals surface area (Å²) < 4.78 is 5.58. The fourth-order valence-electron chi connectivity index (χ4n) is 4.65. The molecule has 0 radical (unpaired) electrons. The van der Waals surface area contributed by atoms with Gasteiger partial charge in [0.25, 0.3) is 5.91 Å². The summed E-state index contributed by atoms with van der Waals surface area (Å²) in [6.45, 7) is 1.60. The lowest BCUT2D eigenvalue weighted by Crippen LogP contribution is -2.56. The SMILES string of the molecule is NC(=O)CN1C(=O)N(CCc2ccccc2)C2(CCN(Cc3ccc(CO)o3)CC2)C1=O. The molecule has 2 saturated heterocycles. The van der Waals surface area contributed by atoms with Gasteiger partial charge in [-0.05, 0) is 37.0 Å². The topological polar surface area (TPSA) is 120 Å². The Hall–Kier alpha value is -3.17. The van der Waals surface area contributed by atoms with Crippen molar-refractivity contribution in [2.75, 3.05) is 26.2 Å². The predicted molar refractivity (Wildman–Crippen MR) is 115 cm³/mol. The third-order valence-corrected chi connectivity index (χ3v) is 6.34. The van der Waals surface area contributed by atoms with Gasteiger partial charge in [-0.1, -0.05) is 30.3 Å². The zero-order valence-corrected chi connectivity index (χ0v) is 17.9. The van der Waals surface area contributed by atoms with Crippen LogP contribution in [0.1, 0.15) is 29.9 Å². The van der Waals surface area contributed by atoms with Crippen molar-refractivity contribution < 1.29 is 23.9 Å². The Bertz CT molecular complexity index is 981. The molecule has 9 nitrogen and oxygen atoms in total. The van der Waals surface area contributed by atoms with Crippen molar-refractivity contribution >= 4 is 17.8 Å². The highest BCUT2D eigenvalue weighted by molar-refractivity contribution is 6.09. The number of amides is 4. The minimum absolute atomic E-state index is 0.147. The van der Waals surface area contributed by atoms with E-state index < -0.39 is 24.0 Å².